The number of hydrogen-bond acceptors (Lipinski definition) is 0. The second-order valence-corrected chi connectivity index (χ2v) is 31.5. The second-order valence-electron chi connectivity index (χ2n) is 11.5. The van der Waals surface area contributed by atoms with Gasteiger partial charge >= 0.3 is 0 Å². The highest BCUT2D eigenvalue weighted by molar-refractivity contribution is 7.07. The Bertz CT molecular complexity index is 721. The summed E-state index contributed by atoms with van der Waals surface area (Å²) in [6.07, 6.45) is 12.3. The van der Waals surface area contributed by atoms with Gasteiger partial charge in [0.15, 0.2) is 0 Å². The van der Waals surface area contributed by atoms with Crippen molar-refractivity contribution in [2.45, 2.75) is 78.6 Å². The van der Waals surface area contributed by atoms with E-state index in [-0.39, 0.29) is 0 Å². The Morgan fingerprint density at radius 2 is 0.615 bits per heavy atom. The summed E-state index contributed by atoms with van der Waals surface area (Å²) in [4.78, 5) is 0. The molecule has 0 bridgehead atoms. The number of terminal acetylenes is 2. The lowest BCUT2D eigenvalue weighted by Crippen LogP contribution is -2.74. The Morgan fingerprint density at radius 1 is 0.423 bits per heavy atom. The van der Waals surface area contributed by atoms with Gasteiger partial charge in [-0.3, -0.25) is 0 Å². The molecule has 0 N–H and O–H groups in total. The van der Waals surface area contributed by atoms with Gasteiger partial charge in [-0.2, -0.15) is 0 Å². The SMILES string of the molecule is C#Cc1c(C#C)c([Si](C)(C)C)c([Si](C)(C)C)c([Si](C)(C)C)c1[Si](C)(C)C. The third kappa shape index (κ3) is 4.36. The molecule has 142 valence electrons. The van der Waals surface area contributed by atoms with Gasteiger partial charge in [0.1, 0.15) is 0 Å². The van der Waals surface area contributed by atoms with E-state index >= 15 is 0 Å². The Hall–Kier alpha value is -0.792. The molecule has 0 saturated heterocycles. The van der Waals surface area contributed by atoms with Crippen LogP contribution in [0.2, 0.25) is 78.6 Å². The molecule has 1 rings (SSSR count). The highest BCUT2D eigenvalue weighted by Gasteiger charge is 2.41. The van der Waals surface area contributed by atoms with Gasteiger partial charge in [0.2, 0.25) is 0 Å². The van der Waals surface area contributed by atoms with Gasteiger partial charge in [-0.25, -0.2) is 0 Å². The maximum Gasteiger partial charge on any atom is 0.0791 e. The van der Waals surface area contributed by atoms with Gasteiger partial charge in [0, 0.05) is 11.1 Å². The van der Waals surface area contributed by atoms with Gasteiger partial charge in [-0.05, 0) is 10.4 Å². The molecule has 0 radical (unpaired) electrons. The molecule has 1 aromatic carbocycles. The highest BCUT2D eigenvalue weighted by atomic mass is 28.3. The lowest BCUT2D eigenvalue weighted by Gasteiger charge is -2.40. The monoisotopic (exact) mass is 414 g/mol. The first-order valence-corrected chi connectivity index (χ1v) is 23.6. The summed E-state index contributed by atoms with van der Waals surface area (Å²) in [6, 6.07) is 0. The van der Waals surface area contributed by atoms with Crippen LogP contribution in [0.1, 0.15) is 11.1 Å². The zero-order valence-corrected chi connectivity index (χ0v) is 23.2. The van der Waals surface area contributed by atoms with Crippen molar-refractivity contribution in [1.29, 1.82) is 0 Å². The van der Waals surface area contributed by atoms with Crippen LogP contribution in [-0.4, -0.2) is 32.3 Å². The topological polar surface area (TPSA) is 0 Å². The van der Waals surface area contributed by atoms with Gasteiger partial charge < -0.3 is 0 Å². The first-order valence-electron chi connectivity index (χ1n) is 9.58. The predicted octanol–water partition coefficient (Wildman–Crippen LogP) is 3.83. The summed E-state index contributed by atoms with van der Waals surface area (Å²) in [5.74, 6) is 6.15. The van der Waals surface area contributed by atoms with Crippen LogP contribution in [0.5, 0.6) is 0 Å². The van der Waals surface area contributed by atoms with Crippen LogP contribution in [0, 0.1) is 24.7 Å². The third-order valence-corrected chi connectivity index (χ3v) is 13.5. The largest absolute Gasteiger partial charge is 0.115 e. The quantitative estimate of drug-likeness (QED) is 0.519. The van der Waals surface area contributed by atoms with Crippen molar-refractivity contribution in [3.8, 4) is 24.7 Å². The van der Waals surface area contributed by atoms with Crippen LogP contribution >= 0.6 is 0 Å². The molecule has 1 aromatic rings. The number of hydrogen-bond donors (Lipinski definition) is 0. The number of benzene rings is 1. The zero-order chi connectivity index (χ0) is 20.9. The van der Waals surface area contributed by atoms with E-state index in [0.29, 0.717) is 0 Å². The Balaban J connectivity index is 4.59. The van der Waals surface area contributed by atoms with Crippen LogP contribution in [0.3, 0.4) is 0 Å². The maximum absolute atomic E-state index is 6.13. The van der Waals surface area contributed by atoms with Crippen molar-refractivity contribution >= 4 is 53.0 Å². The molecule has 0 aliphatic rings. The van der Waals surface area contributed by atoms with Gasteiger partial charge in [0.25, 0.3) is 0 Å². The Morgan fingerprint density at radius 3 is 0.731 bits per heavy atom. The van der Waals surface area contributed by atoms with Crippen LogP contribution in [-0.2, 0) is 0 Å². The molecule has 0 saturated carbocycles. The van der Waals surface area contributed by atoms with E-state index in [4.69, 9.17) is 12.8 Å². The van der Waals surface area contributed by atoms with E-state index in [9.17, 15) is 0 Å². The van der Waals surface area contributed by atoms with Crippen molar-refractivity contribution in [1.82, 2.24) is 0 Å². The van der Waals surface area contributed by atoms with E-state index in [1.807, 2.05) is 0 Å². The van der Waals surface area contributed by atoms with E-state index in [2.05, 4.69) is 90.4 Å². The van der Waals surface area contributed by atoms with Crippen LogP contribution in [0.25, 0.3) is 0 Å². The minimum atomic E-state index is -1.66. The fourth-order valence-corrected chi connectivity index (χ4v) is 18.2. The highest BCUT2D eigenvalue weighted by Crippen LogP contribution is 2.18. The fraction of sp³-hybridized carbons (Fsp3) is 0.545. The summed E-state index contributed by atoms with van der Waals surface area (Å²) in [5.41, 5.74) is 2.12. The Labute approximate surface area is 167 Å². The van der Waals surface area contributed by atoms with Crippen LogP contribution in [0.4, 0.5) is 0 Å². The minimum Gasteiger partial charge on any atom is -0.115 e. The molecule has 0 amide bonds. The lowest BCUT2D eigenvalue weighted by atomic mass is 10.1. The summed E-state index contributed by atoms with van der Waals surface area (Å²) in [5, 5.41) is 6.32. The van der Waals surface area contributed by atoms with Crippen molar-refractivity contribution in [3.05, 3.63) is 11.1 Å². The normalized spacial score (nSPS) is 13.3. The molecule has 4 heteroatoms. The molecule has 0 aliphatic heterocycles. The Kier molecular flexibility index (Phi) is 6.24. The van der Waals surface area contributed by atoms with Crippen molar-refractivity contribution < 1.29 is 0 Å². The molecule has 0 atom stereocenters. The van der Waals surface area contributed by atoms with Crippen molar-refractivity contribution in [2.24, 2.45) is 0 Å². The molecule has 0 heterocycles. The molecule has 0 unspecified atom stereocenters. The molecule has 26 heavy (non-hydrogen) atoms. The molecule has 0 aliphatic carbocycles. The minimum absolute atomic E-state index is 1.06. The van der Waals surface area contributed by atoms with Crippen molar-refractivity contribution in [2.75, 3.05) is 0 Å². The maximum atomic E-state index is 6.13. The van der Waals surface area contributed by atoms with E-state index in [1.165, 1.54) is 10.4 Å². The van der Waals surface area contributed by atoms with Gasteiger partial charge in [0.05, 0.1) is 32.3 Å². The van der Waals surface area contributed by atoms with E-state index in [0.717, 1.165) is 11.1 Å². The lowest BCUT2D eigenvalue weighted by molar-refractivity contribution is 1.59. The number of rotatable bonds is 4. The molecular weight excluding hydrogens is 377 g/mol. The van der Waals surface area contributed by atoms with Gasteiger partial charge in [-0.1, -0.05) is 101 Å². The predicted molar refractivity (Wildman–Crippen MR) is 134 cm³/mol. The van der Waals surface area contributed by atoms with E-state index in [1.54, 1.807) is 10.4 Å². The smallest absolute Gasteiger partial charge is 0.0791 e. The average Bonchev–Trinajstić information content (AvgIpc) is 2.39. The van der Waals surface area contributed by atoms with Crippen molar-refractivity contribution in [3.63, 3.8) is 0 Å². The zero-order valence-electron chi connectivity index (χ0n) is 19.2. The first kappa shape index (κ1) is 23.2. The second kappa shape index (κ2) is 6.98. The first-order chi connectivity index (χ1) is 11.4. The molecule has 0 fully saturated rings. The van der Waals surface area contributed by atoms with E-state index < -0.39 is 32.3 Å². The summed E-state index contributed by atoms with van der Waals surface area (Å²) in [6.45, 7) is 29.5. The standard InChI is InChI=1S/C22H38Si4/c1-15-17-18(16-2)20(24(6,7)8)22(26(12,13)14)21(25(9,10)11)19(17)23(3,4)5/h1-2H,3-14H3. The van der Waals surface area contributed by atoms with Crippen LogP contribution in [0.15, 0.2) is 0 Å². The fourth-order valence-electron chi connectivity index (χ4n) is 4.04. The average molecular weight is 415 g/mol. The van der Waals surface area contributed by atoms with Gasteiger partial charge in [-0.15, -0.1) is 12.8 Å². The molecule has 0 spiro atoms. The summed E-state index contributed by atoms with van der Waals surface area (Å²) >= 11 is 0. The molecule has 0 nitrogen and oxygen atoms in total. The summed E-state index contributed by atoms with van der Waals surface area (Å²) < 4.78 is 0. The third-order valence-electron chi connectivity index (χ3n) is 4.79. The molecule has 0 aromatic heterocycles. The summed E-state index contributed by atoms with van der Waals surface area (Å²) in [7, 11) is -6.53. The van der Waals surface area contributed by atoms with Crippen LogP contribution < -0.4 is 20.7 Å². The molecular formula is C22H38Si4.